The lowest BCUT2D eigenvalue weighted by atomic mass is 10.0. The lowest BCUT2D eigenvalue weighted by molar-refractivity contribution is -0.870. The molecule has 0 N–H and O–H groups in total. The topological polar surface area (TPSA) is 111 Å². The van der Waals surface area contributed by atoms with Crippen molar-refractivity contribution in [2.24, 2.45) is 0 Å². The number of likely N-dealkylation sites (N-methyl/N-ethyl adjacent to an activating group) is 1. The number of rotatable bonds is 57. The Labute approximate surface area is 473 Å². The van der Waals surface area contributed by atoms with E-state index >= 15 is 0 Å². The van der Waals surface area contributed by atoms with E-state index in [1.807, 2.05) is 21.1 Å². The van der Waals surface area contributed by atoms with Crippen LogP contribution in [0.4, 0.5) is 0 Å². The molecule has 0 bridgehead atoms. The predicted octanol–water partition coefficient (Wildman–Crippen LogP) is 17.6. The number of carboxylic acids is 1. The molecule has 0 aromatic carbocycles. The van der Waals surface area contributed by atoms with Crippen molar-refractivity contribution in [3.05, 3.63) is 97.2 Å². The number of carbonyl (C=O) groups excluding carboxylic acids is 3. The lowest BCUT2D eigenvalue weighted by Crippen LogP contribution is -2.44. The van der Waals surface area contributed by atoms with Crippen LogP contribution in [0, 0.1) is 0 Å². The molecule has 0 rings (SSSR count). The van der Waals surface area contributed by atoms with Gasteiger partial charge in [0.05, 0.1) is 40.3 Å². The van der Waals surface area contributed by atoms with Gasteiger partial charge in [0.15, 0.2) is 12.4 Å². The highest BCUT2D eigenvalue weighted by atomic mass is 16.7. The van der Waals surface area contributed by atoms with Crippen molar-refractivity contribution in [3.8, 4) is 0 Å². The second-order valence-electron chi connectivity index (χ2n) is 22.0. The summed E-state index contributed by atoms with van der Waals surface area (Å²) in [5.74, 6) is -2.28. The van der Waals surface area contributed by atoms with Gasteiger partial charge in [0.1, 0.15) is 13.2 Å². The second kappa shape index (κ2) is 58.4. The summed E-state index contributed by atoms with van der Waals surface area (Å²) in [6.45, 7) is 4.63. The van der Waals surface area contributed by atoms with Gasteiger partial charge in [-0.05, 0) is 77.0 Å². The number of esters is 2. The Balaban J connectivity index is 3.99. The van der Waals surface area contributed by atoms with E-state index in [9.17, 15) is 19.5 Å². The summed E-state index contributed by atoms with van der Waals surface area (Å²) in [6, 6.07) is 0. The second-order valence-corrected chi connectivity index (χ2v) is 22.0. The molecule has 0 saturated carbocycles. The molecule has 0 aromatic heterocycles. The number of quaternary nitrogens is 1. The van der Waals surface area contributed by atoms with Crippen LogP contribution in [0.15, 0.2) is 97.2 Å². The van der Waals surface area contributed by atoms with Gasteiger partial charge >= 0.3 is 11.9 Å². The summed E-state index contributed by atoms with van der Waals surface area (Å²) in [6.07, 6.45) is 76.3. The Morgan fingerprint density at radius 1 is 0.403 bits per heavy atom. The highest BCUT2D eigenvalue weighted by Gasteiger charge is 2.22. The van der Waals surface area contributed by atoms with Crippen LogP contribution in [0.3, 0.4) is 0 Å². The molecule has 0 aromatic rings. The first-order chi connectivity index (χ1) is 37.6. The molecule has 0 aliphatic carbocycles. The molecule has 9 heteroatoms. The zero-order chi connectivity index (χ0) is 56.2. The first kappa shape index (κ1) is 73.2. The van der Waals surface area contributed by atoms with Gasteiger partial charge in [-0.3, -0.25) is 9.59 Å². The van der Waals surface area contributed by atoms with E-state index in [0.717, 1.165) is 89.9 Å². The van der Waals surface area contributed by atoms with Gasteiger partial charge in [0.2, 0.25) is 0 Å². The van der Waals surface area contributed by atoms with Crippen molar-refractivity contribution >= 4 is 17.9 Å². The average molecular weight is 1080 g/mol. The summed E-state index contributed by atoms with van der Waals surface area (Å²) in [7, 11) is 5.92. The summed E-state index contributed by atoms with van der Waals surface area (Å²) in [4.78, 5) is 37.2. The lowest BCUT2D eigenvalue weighted by Gasteiger charge is -2.26. The van der Waals surface area contributed by atoms with E-state index in [0.29, 0.717) is 23.9 Å². The van der Waals surface area contributed by atoms with Gasteiger partial charge < -0.3 is 33.3 Å². The highest BCUT2D eigenvalue weighted by Crippen LogP contribution is 2.16. The largest absolute Gasteiger partial charge is 0.545 e. The molecule has 0 amide bonds. The van der Waals surface area contributed by atoms with Crippen molar-refractivity contribution < 1.29 is 42.9 Å². The van der Waals surface area contributed by atoms with E-state index < -0.39 is 24.3 Å². The maximum atomic E-state index is 12.9. The molecule has 9 nitrogen and oxygen atoms in total. The van der Waals surface area contributed by atoms with Crippen LogP contribution in [0.2, 0.25) is 0 Å². The standard InChI is InChI=1S/C68H117NO8/c1-6-8-10-12-14-16-18-19-20-21-22-23-24-25-26-27-28-29-30-31-32-33-34-35-36-37-38-39-40-41-42-43-44-45-46-47-49-51-53-55-57-59-66(71)77-64(63-76-68(67(72)73)74-61-60-69(3,4)5)62-75-65(70)58-56-54-52-50-48-17-15-13-11-9-7-2/h8,10,14,16,19-20,22-23,25-26,28-29,31-32,34-35,64,68H,6-7,9,11-13,15,17-18,21,24,27,30,33,36-63H2,1-5H3/b10-8-,16-14-,20-19-,23-22-,26-25-,29-28-,32-31-,35-34-. The number of ether oxygens (including phenoxy) is 4. The Hall–Kier alpha value is -3.79. The summed E-state index contributed by atoms with van der Waals surface area (Å²) < 4.78 is 22.7. The zero-order valence-electron chi connectivity index (χ0n) is 50.3. The van der Waals surface area contributed by atoms with Crippen LogP contribution in [0.25, 0.3) is 0 Å². The SMILES string of the molecule is CC/C=C\C/C=C\C/C=C\C/C=C\C/C=C\C/C=C\C/C=C\C/C=C\CCCCCCCCCCCCCCCCCCC(=O)OC(COC(=O)CCCCCCCCCCCCC)COC(OCC[N+](C)(C)C)C(=O)[O-]. The number of aliphatic carboxylic acids is 1. The monoisotopic (exact) mass is 1080 g/mol. The van der Waals surface area contributed by atoms with Gasteiger partial charge in [0.25, 0.3) is 0 Å². The number of carbonyl (C=O) groups is 3. The normalized spacial score (nSPS) is 13.4. The third-order valence-electron chi connectivity index (χ3n) is 13.3. The molecular weight excluding hydrogens is 959 g/mol. The Kier molecular flexibility index (Phi) is 55.5. The molecule has 2 atom stereocenters. The number of hydrogen-bond donors (Lipinski definition) is 0. The van der Waals surface area contributed by atoms with E-state index in [1.54, 1.807) is 0 Å². The van der Waals surface area contributed by atoms with Crippen LogP contribution in [0.5, 0.6) is 0 Å². The first-order valence-corrected chi connectivity index (χ1v) is 31.4. The van der Waals surface area contributed by atoms with Crippen LogP contribution < -0.4 is 5.11 Å². The fraction of sp³-hybridized carbons (Fsp3) is 0.721. The van der Waals surface area contributed by atoms with Gasteiger partial charge in [-0.25, -0.2) is 0 Å². The van der Waals surface area contributed by atoms with Gasteiger partial charge in [-0.15, -0.1) is 0 Å². The summed E-state index contributed by atoms with van der Waals surface area (Å²) >= 11 is 0. The van der Waals surface area contributed by atoms with Gasteiger partial charge in [-0.2, -0.15) is 0 Å². The number of nitrogens with zero attached hydrogens (tertiary/aromatic N) is 1. The molecular formula is C68H117NO8. The Morgan fingerprint density at radius 2 is 0.740 bits per heavy atom. The molecule has 0 heterocycles. The molecule has 0 fully saturated rings. The molecule has 0 aliphatic heterocycles. The van der Waals surface area contributed by atoms with Crippen molar-refractivity contribution in [3.63, 3.8) is 0 Å². The van der Waals surface area contributed by atoms with E-state index in [1.165, 1.54) is 135 Å². The maximum absolute atomic E-state index is 12.9. The number of unbranched alkanes of at least 4 members (excludes halogenated alkanes) is 26. The highest BCUT2D eigenvalue weighted by molar-refractivity contribution is 5.70. The van der Waals surface area contributed by atoms with Gasteiger partial charge in [-0.1, -0.05) is 265 Å². The van der Waals surface area contributed by atoms with Crippen LogP contribution in [-0.4, -0.2) is 82.3 Å². The fourth-order valence-corrected chi connectivity index (χ4v) is 8.55. The Morgan fingerprint density at radius 3 is 1.10 bits per heavy atom. The third-order valence-corrected chi connectivity index (χ3v) is 13.3. The first-order valence-electron chi connectivity index (χ1n) is 31.4. The molecule has 0 saturated heterocycles. The smallest absolute Gasteiger partial charge is 0.306 e. The van der Waals surface area contributed by atoms with E-state index in [-0.39, 0.29) is 32.2 Å². The summed E-state index contributed by atoms with van der Waals surface area (Å²) in [5, 5.41) is 11.8. The van der Waals surface area contributed by atoms with Crippen molar-refractivity contribution in [2.75, 3.05) is 47.5 Å². The van der Waals surface area contributed by atoms with Crippen LogP contribution in [0.1, 0.15) is 258 Å². The molecule has 0 aliphatic rings. The zero-order valence-corrected chi connectivity index (χ0v) is 50.3. The number of allylic oxidation sites excluding steroid dienone is 16. The third kappa shape index (κ3) is 59.7. The van der Waals surface area contributed by atoms with E-state index in [2.05, 4.69) is 111 Å². The average Bonchev–Trinajstić information content (AvgIpc) is 3.40. The quantitative estimate of drug-likeness (QED) is 0.0195. The molecule has 2 unspecified atom stereocenters. The molecule has 0 spiro atoms. The minimum Gasteiger partial charge on any atom is -0.545 e. The summed E-state index contributed by atoms with van der Waals surface area (Å²) in [5.41, 5.74) is 0. The van der Waals surface area contributed by atoms with Crippen LogP contribution >= 0.6 is 0 Å². The predicted molar refractivity (Wildman–Crippen MR) is 324 cm³/mol. The number of carboxylic acid groups (broad SMARTS) is 1. The maximum Gasteiger partial charge on any atom is 0.306 e. The minimum atomic E-state index is -1.62. The van der Waals surface area contributed by atoms with Crippen molar-refractivity contribution in [1.29, 1.82) is 0 Å². The number of hydrogen-bond acceptors (Lipinski definition) is 8. The molecule has 442 valence electrons. The van der Waals surface area contributed by atoms with Crippen molar-refractivity contribution in [2.45, 2.75) is 270 Å². The fourth-order valence-electron chi connectivity index (χ4n) is 8.55. The molecule has 0 radical (unpaired) electrons. The Bertz CT molecular complexity index is 1580. The minimum absolute atomic E-state index is 0.147. The molecule has 77 heavy (non-hydrogen) atoms. The van der Waals surface area contributed by atoms with Crippen molar-refractivity contribution in [1.82, 2.24) is 0 Å². The van der Waals surface area contributed by atoms with E-state index in [4.69, 9.17) is 18.9 Å². The van der Waals surface area contributed by atoms with Gasteiger partial charge in [0, 0.05) is 12.8 Å². The van der Waals surface area contributed by atoms with Crippen LogP contribution in [-0.2, 0) is 33.3 Å².